The van der Waals surface area contributed by atoms with Crippen molar-refractivity contribution in [1.82, 2.24) is 9.71 Å². The number of nitrogens with two attached hydrogens (primary N) is 1. The molecule has 5 nitrogen and oxygen atoms in total. The number of nitrogens with one attached hydrogen (secondary N) is 2. The predicted molar refractivity (Wildman–Crippen MR) is 65.8 cm³/mol. The van der Waals surface area contributed by atoms with Crippen LogP contribution in [0.1, 0.15) is 31.9 Å². The average Bonchev–Trinajstić information content (AvgIpc) is 2.94. The summed E-state index contributed by atoms with van der Waals surface area (Å²) in [5, 5.41) is 0. The van der Waals surface area contributed by atoms with Gasteiger partial charge in [-0.3, -0.25) is 0 Å². The lowest BCUT2D eigenvalue weighted by molar-refractivity contribution is 0.475. The van der Waals surface area contributed by atoms with Crippen LogP contribution in [0, 0.1) is 5.41 Å². The molecule has 0 spiro atoms. The van der Waals surface area contributed by atoms with Crippen LogP contribution in [0.4, 0.5) is 0 Å². The van der Waals surface area contributed by atoms with Gasteiger partial charge < -0.3 is 10.7 Å². The highest BCUT2D eigenvalue weighted by molar-refractivity contribution is 7.89. The van der Waals surface area contributed by atoms with Gasteiger partial charge >= 0.3 is 0 Å². The van der Waals surface area contributed by atoms with Crippen molar-refractivity contribution in [1.29, 1.82) is 0 Å². The fourth-order valence-corrected chi connectivity index (χ4v) is 3.03. The highest BCUT2D eigenvalue weighted by Crippen LogP contribution is 2.48. The first-order chi connectivity index (χ1) is 8.01. The molecule has 0 aliphatic heterocycles. The molecule has 1 aliphatic carbocycles. The summed E-state index contributed by atoms with van der Waals surface area (Å²) in [5.74, 6) is 0. The van der Waals surface area contributed by atoms with Crippen molar-refractivity contribution < 1.29 is 8.42 Å². The molecule has 1 aromatic heterocycles. The Kier molecular flexibility index (Phi) is 3.29. The fraction of sp³-hybridized carbons (Fsp3) is 0.636. The van der Waals surface area contributed by atoms with Crippen LogP contribution in [-0.2, 0) is 16.6 Å². The van der Waals surface area contributed by atoms with E-state index in [0.29, 0.717) is 13.1 Å². The second-order valence-electron chi connectivity index (χ2n) is 4.74. The zero-order valence-corrected chi connectivity index (χ0v) is 10.8. The topological polar surface area (TPSA) is 88.0 Å². The molecular formula is C11H19N3O2S. The van der Waals surface area contributed by atoms with Crippen LogP contribution in [0.25, 0.3) is 0 Å². The van der Waals surface area contributed by atoms with E-state index >= 15 is 0 Å². The highest BCUT2D eigenvalue weighted by atomic mass is 32.2. The maximum Gasteiger partial charge on any atom is 0.242 e. The molecule has 1 heterocycles. The third kappa shape index (κ3) is 2.70. The molecule has 0 bridgehead atoms. The lowest BCUT2D eigenvalue weighted by Crippen LogP contribution is -2.29. The Morgan fingerprint density at radius 3 is 2.71 bits per heavy atom. The first-order valence-electron chi connectivity index (χ1n) is 5.88. The molecule has 0 unspecified atom stereocenters. The Labute approximate surface area is 102 Å². The molecule has 2 rings (SSSR count). The first-order valence-corrected chi connectivity index (χ1v) is 7.37. The smallest absolute Gasteiger partial charge is 0.242 e. The molecule has 6 heteroatoms. The number of hydrogen-bond acceptors (Lipinski definition) is 3. The van der Waals surface area contributed by atoms with Gasteiger partial charge in [0.15, 0.2) is 0 Å². The molecule has 0 amide bonds. The summed E-state index contributed by atoms with van der Waals surface area (Å²) in [6.07, 6.45) is 4.74. The van der Waals surface area contributed by atoms with Gasteiger partial charge in [-0.1, -0.05) is 6.92 Å². The van der Waals surface area contributed by atoms with Crippen LogP contribution in [0.15, 0.2) is 17.2 Å². The minimum Gasteiger partial charge on any atom is -0.363 e. The number of rotatable bonds is 6. The molecule has 4 N–H and O–H groups in total. The van der Waals surface area contributed by atoms with E-state index in [1.54, 1.807) is 6.07 Å². The number of H-pyrrole nitrogens is 1. The van der Waals surface area contributed by atoms with Gasteiger partial charge in [0, 0.05) is 25.0 Å². The van der Waals surface area contributed by atoms with Crippen molar-refractivity contribution >= 4 is 10.0 Å². The molecule has 1 fully saturated rings. The molecule has 0 aromatic carbocycles. The van der Waals surface area contributed by atoms with E-state index in [2.05, 4.69) is 16.6 Å². The first kappa shape index (κ1) is 12.6. The molecule has 0 radical (unpaired) electrons. The summed E-state index contributed by atoms with van der Waals surface area (Å²) in [5.41, 5.74) is 6.37. The van der Waals surface area contributed by atoms with E-state index in [-0.39, 0.29) is 10.3 Å². The maximum atomic E-state index is 12.0. The summed E-state index contributed by atoms with van der Waals surface area (Å²) in [6.45, 7) is 2.95. The molecule has 17 heavy (non-hydrogen) atoms. The number of aromatic nitrogens is 1. The van der Waals surface area contributed by atoms with E-state index in [0.717, 1.165) is 25.0 Å². The normalized spacial score (nSPS) is 18.2. The number of hydrogen-bond donors (Lipinski definition) is 3. The van der Waals surface area contributed by atoms with Gasteiger partial charge in [-0.15, -0.1) is 0 Å². The van der Waals surface area contributed by atoms with Crippen LogP contribution >= 0.6 is 0 Å². The molecule has 0 atom stereocenters. The standard InChI is InChI=1S/C11H19N3O2S/c1-2-11(3-4-11)8-14-17(15,16)10-5-9(6-12)13-7-10/h5,7,13-14H,2-4,6,8,12H2,1H3. The quantitative estimate of drug-likeness (QED) is 0.708. The summed E-state index contributed by atoms with van der Waals surface area (Å²) < 4.78 is 26.6. The van der Waals surface area contributed by atoms with Crippen molar-refractivity contribution in [3.05, 3.63) is 18.0 Å². The predicted octanol–water partition coefficient (Wildman–Crippen LogP) is 0.942. The van der Waals surface area contributed by atoms with Crippen LogP contribution in [0.5, 0.6) is 0 Å². The lowest BCUT2D eigenvalue weighted by Gasteiger charge is -2.12. The summed E-state index contributed by atoms with van der Waals surface area (Å²) in [7, 11) is -3.39. The van der Waals surface area contributed by atoms with Crippen LogP contribution < -0.4 is 10.5 Å². The monoisotopic (exact) mass is 257 g/mol. The van der Waals surface area contributed by atoms with Crippen molar-refractivity contribution in [3.8, 4) is 0 Å². The summed E-state index contributed by atoms with van der Waals surface area (Å²) in [6, 6.07) is 1.58. The van der Waals surface area contributed by atoms with E-state index in [9.17, 15) is 8.42 Å². The van der Waals surface area contributed by atoms with Gasteiger partial charge in [0.05, 0.1) is 4.90 Å². The minimum atomic E-state index is -3.39. The van der Waals surface area contributed by atoms with E-state index < -0.39 is 10.0 Å². The molecular weight excluding hydrogens is 238 g/mol. The second kappa shape index (κ2) is 4.44. The molecule has 1 aliphatic rings. The largest absolute Gasteiger partial charge is 0.363 e. The SMILES string of the molecule is CCC1(CNS(=O)(=O)c2c[nH]c(CN)c2)CC1. The molecule has 1 saturated carbocycles. The van der Waals surface area contributed by atoms with Crippen LogP contribution in [0.2, 0.25) is 0 Å². The zero-order chi connectivity index (χ0) is 12.5. The van der Waals surface area contributed by atoms with Crippen molar-refractivity contribution in [2.75, 3.05) is 6.54 Å². The Hall–Kier alpha value is -0.850. The molecule has 1 aromatic rings. The van der Waals surface area contributed by atoms with Crippen molar-refractivity contribution in [2.24, 2.45) is 11.1 Å². The van der Waals surface area contributed by atoms with Crippen molar-refractivity contribution in [2.45, 2.75) is 37.6 Å². The minimum absolute atomic E-state index is 0.208. The summed E-state index contributed by atoms with van der Waals surface area (Å²) in [4.78, 5) is 3.11. The highest BCUT2D eigenvalue weighted by Gasteiger charge is 2.41. The van der Waals surface area contributed by atoms with Gasteiger partial charge in [-0.05, 0) is 30.7 Å². The number of aromatic amines is 1. The fourth-order valence-electron chi connectivity index (χ4n) is 1.86. The van der Waals surface area contributed by atoms with Gasteiger partial charge in [0.2, 0.25) is 10.0 Å². The van der Waals surface area contributed by atoms with Gasteiger partial charge in [-0.25, -0.2) is 13.1 Å². The van der Waals surface area contributed by atoms with E-state index in [1.807, 2.05) is 0 Å². The maximum absolute atomic E-state index is 12.0. The van der Waals surface area contributed by atoms with Gasteiger partial charge in [0.1, 0.15) is 0 Å². The number of sulfonamides is 1. The van der Waals surface area contributed by atoms with Gasteiger partial charge in [-0.2, -0.15) is 0 Å². The zero-order valence-electron chi connectivity index (χ0n) is 9.99. The third-order valence-electron chi connectivity index (χ3n) is 3.59. The van der Waals surface area contributed by atoms with Gasteiger partial charge in [0.25, 0.3) is 0 Å². The molecule has 96 valence electrons. The second-order valence-corrected chi connectivity index (χ2v) is 6.51. The Morgan fingerprint density at radius 1 is 1.53 bits per heavy atom. The van der Waals surface area contributed by atoms with Crippen LogP contribution in [-0.4, -0.2) is 19.9 Å². The van der Waals surface area contributed by atoms with Crippen molar-refractivity contribution in [3.63, 3.8) is 0 Å². The average molecular weight is 257 g/mol. The Bertz CT molecular complexity index is 489. The van der Waals surface area contributed by atoms with Crippen LogP contribution in [0.3, 0.4) is 0 Å². The van der Waals surface area contributed by atoms with E-state index in [1.165, 1.54) is 6.20 Å². The summed E-state index contributed by atoms with van der Waals surface area (Å²) >= 11 is 0. The Morgan fingerprint density at radius 2 is 2.24 bits per heavy atom. The van der Waals surface area contributed by atoms with E-state index in [4.69, 9.17) is 5.73 Å². The molecule has 0 saturated heterocycles. The lowest BCUT2D eigenvalue weighted by atomic mass is 10.1. The Balaban J connectivity index is 2.03. The third-order valence-corrected chi connectivity index (χ3v) is 4.97.